The number of carboxylic acids is 1. The fourth-order valence-corrected chi connectivity index (χ4v) is 2.40. The number of carboxylic acid groups (broad SMARTS) is 1. The summed E-state index contributed by atoms with van der Waals surface area (Å²) in [5, 5.41) is 16.8. The third-order valence-electron chi connectivity index (χ3n) is 3.12. The third kappa shape index (κ3) is 2.47. The van der Waals surface area contributed by atoms with Crippen molar-refractivity contribution in [2.45, 2.75) is 27.7 Å². The molecule has 0 saturated carbocycles. The Labute approximate surface area is 112 Å². The predicted molar refractivity (Wildman–Crippen MR) is 73.4 cm³/mol. The molecule has 0 fully saturated rings. The quantitative estimate of drug-likeness (QED) is 0.896. The maximum Gasteiger partial charge on any atom is 0.356 e. The van der Waals surface area contributed by atoms with Gasteiger partial charge in [-0.25, -0.2) is 4.79 Å². The van der Waals surface area contributed by atoms with Gasteiger partial charge in [0.1, 0.15) is 0 Å². The molecule has 0 atom stereocenters. The molecule has 4 heteroatoms. The number of nitrogens with zero attached hydrogens (tertiary/aromatic N) is 2. The number of aryl methyl sites for hydroxylation is 4. The summed E-state index contributed by atoms with van der Waals surface area (Å²) in [6.07, 6.45) is 0. The molecule has 1 aromatic heterocycles. The van der Waals surface area contributed by atoms with Crippen molar-refractivity contribution in [3.05, 3.63) is 46.1 Å². The molecule has 1 N–H and O–H groups in total. The van der Waals surface area contributed by atoms with Gasteiger partial charge in [0, 0.05) is 5.56 Å². The zero-order chi connectivity index (χ0) is 14.2. The highest BCUT2D eigenvalue weighted by Gasteiger charge is 2.14. The minimum Gasteiger partial charge on any atom is -0.476 e. The van der Waals surface area contributed by atoms with E-state index in [1.807, 2.05) is 20.8 Å². The van der Waals surface area contributed by atoms with Crippen LogP contribution in [-0.2, 0) is 0 Å². The zero-order valence-corrected chi connectivity index (χ0v) is 11.5. The van der Waals surface area contributed by atoms with Crippen LogP contribution in [0.2, 0.25) is 0 Å². The molecule has 1 aromatic carbocycles. The van der Waals surface area contributed by atoms with E-state index >= 15 is 0 Å². The van der Waals surface area contributed by atoms with Gasteiger partial charge in [-0.1, -0.05) is 17.7 Å². The molecular weight excluding hydrogens is 240 g/mol. The number of benzene rings is 1. The zero-order valence-electron chi connectivity index (χ0n) is 11.5. The summed E-state index contributed by atoms with van der Waals surface area (Å²) < 4.78 is 0. The molecule has 98 valence electrons. The van der Waals surface area contributed by atoms with E-state index in [9.17, 15) is 4.79 Å². The number of aromatic carboxylic acids is 1. The van der Waals surface area contributed by atoms with Gasteiger partial charge in [0.25, 0.3) is 0 Å². The second-order valence-electron chi connectivity index (χ2n) is 4.84. The summed E-state index contributed by atoms with van der Waals surface area (Å²) in [5.74, 6) is -1.05. The lowest BCUT2D eigenvalue weighted by Gasteiger charge is -2.11. The van der Waals surface area contributed by atoms with Crippen molar-refractivity contribution < 1.29 is 9.90 Å². The first-order valence-corrected chi connectivity index (χ1v) is 6.06. The van der Waals surface area contributed by atoms with Crippen LogP contribution in [0.15, 0.2) is 18.2 Å². The van der Waals surface area contributed by atoms with E-state index < -0.39 is 5.97 Å². The molecule has 0 radical (unpaired) electrons. The molecule has 0 bridgehead atoms. The van der Waals surface area contributed by atoms with Crippen molar-refractivity contribution in [2.75, 3.05) is 0 Å². The van der Waals surface area contributed by atoms with Crippen molar-refractivity contribution in [3.63, 3.8) is 0 Å². The second kappa shape index (κ2) is 4.80. The summed E-state index contributed by atoms with van der Waals surface area (Å²) in [4.78, 5) is 10.9. The molecule has 4 nitrogen and oxygen atoms in total. The van der Waals surface area contributed by atoms with Crippen LogP contribution in [0.5, 0.6) is 0 Å². The molecule has 0 aliphatic heterocycles. The normalized spacial score (nSPS) is 10.5. The standard InChI is InChI=1S/C15H16N2O2/c1-8-5-9(2)13(10(3)6-8)12-7-11(4)14(15(18)19)17-16-12/h5-7H,1-4H3,(H,18,19). The third-order valence-corrected chi connectivity index (χ3v) is 3.12. The van der Waals surface area contributed by atoms with Gasteiger partial charge < -0.3 is 5.11 Å². The van der Waals surface area contributed by atoms with Crippen LogP contribution < -0.4 is 0 Å². The van der Waals surface area contributed by atoms with E-state index in [1.54, 1.807) is 13.0 Å². The smallest absolute Gasteiger partial charge is 0.356 e. The first-order chi connectivity index (χ1) is 8.90. The van der Waals surface area contributed by atoms with E-state index in [0.717, 1.165) is 22.4 Å². The molecule has 2 aromatic rings. The lowest BCUT2D eigenvalue weighted by Crippen LogP contribution is -2.06. The van der Waals surface area contributed by atoms with Gasteiger partial charge in [-0.3, -0.25) is 0 Å². The molecule has 0 aliphatic rings. The van der Waals surface area contributed by atoms with Crippen molar-refractivity contribution in [3.8, 4) is 11.3 Å². The topological polar surface area (TPSA) is 63.1 Å². The Bertz CT molecular complexity index is 640. The molecule has 0 unspecified atom stereocenters. The Kier molecular flexibility index (Phi) is 3.34. The number of hydrogen-bond donors (Lipinski definition) is 1. The largest absolute Gasteiger partial charge is 0.476 e. The van der Waals surface area contributed by atoms with Crippen LogP contribution in [0.25, 0.3) is 11.3 Å². The molecule has 2 rings (SSSR count). The van der Waals surface area contributed by atoms with Crippen LogP contribution in [-0.4, -0.2) is 21.3 Å². The SMILES string of the molecule is Cc1cc(C)c(-c2cc(C)c(C(=O)O)nn2)c(C)c1. The first-order valence-electron chi connectivity index (χ1n) is 6.06. The van der Waals surface area contributed by atoms with Gasteiger partial charge in [-0.05, 0) is 50.5 Å². The van der Waals surface area contributed by atoms with Gasteiger partial charge >= 0.3 is 5.97 Å². The highest BCUT2D eigenvalue weighted by atomic mass is 16.4. The number of aromatic nitrogens is 2. The molecule has 1 heterocycles. The molecule has 0 spiro atoms. The molecule has 0 aliphatic carbocycles. The van der Waals surface area contributed by atoms with Gasteiger partial charge in [0.2, 0.25) is 0 Å². The van der Waals surface area contributed by atoms with Crippen LogP contribution in [0.3, 0.4) is 0 Å². The monoisotopic (exact) mass is 256 g/mol. The summed E-state index contributed by atoms with van der Waals surface area (Å²) >= 11 is 0. The summed E-state index contributed by atoms with van der Waals surface area (Å²) in [7, 11) is 0. The Morgan fingerprint density at radius 2 is 1.53 bits per heavy atom. The predicted octanol–water partition coefficient (Wildman–Crippen LogP) is 3.08. The van der Waals surface area contributed by atoms with Crippen LogP contribution in [0.4, 0.5) is 0 Å². The molecular formula is C15H16N2O2. The minimum atomic E-state index is -1.05. The molecule has 0 amide bonds. The van der Waals surface area contributed by atoms with Crippen molar-refractivity contribution in [2.24, 2.45) is 0 Å². The average molecular weight is 256 g/mol. The van der Waals surface area contributed by atoms with Crippen LogP contribution >= 0.6 is 0 Å². The van der Waals surface area contributed by atoms with E-state index in [0.29, 0.717) is 5.56 Å². The maximum absolute atomic E-state index is 10.9. The fourth-order valence-electron chi connectivity index (χ4n) is 2.40. The van der Waals surface area contributed by atoms with Gasteiger partial charge in [0.15, 0.2) is 5.69 Å². The highest BCUT2D eigenvalue weighted by Crippen LogP contribution is 2.27. The Morgan fingerprint density at radius 3 is 2.00 bits per heavy atom. The van der Waals surface area contributed by atoms with Crippen molar-refractivity contribution in [1.29, 1.82) is 0 Å². The van der Waals surface area contributed by atoms with E-state index in [1.165, 1.54) is 5.56 Å². The first kappa shape index (κ1) is 13.2. The van der Waals surface area contributed by atoms with Gasteiger partial charge in [-0.2, -0.15) is 0 Å². The second-order valence-corrected chi connectivity index (χ2v) is 4.84. The van der Waals surface area contributed by atoms with Crippen molar-refractivity contribution in [1.82, 2.24) is 10.2 Å². The number of rotatable bonds is 2. The lowest BCUT2D eigenvalue weighted by atomic mass is 9.96. The van der Waals surface area contributed by atoms with Gasteiger partial charge in [0.05, 0.1) is 5.69 Å². The van der Waals surface area contributed by atoms with Crippen LogP contribution in [0.1, 0.15) is 32.7 Å². The Balaban J connectivity index is 2.61. The van der Waals surface area contributed by atoms with Gasteiger partial charge in [-0.15, -0.1) is 10.2 Å². The fraction of sp³-hybridized carbons (Fsp3) is 0.267. The van der Waals surface area contributed by atoms with E-state index in [2.05, 4.69) is 22.3 Å². The molecule has 0 saturated heterocycles. The number of carbonyl (C=O) groups is 1. The minimum absolute atomic E-state index is 0.00571. The van der Waals surface area contributed by atoms with Crippen LogP contribution in [0, 0.1) is 27.7 Å². The Morgan fingerprint density at radius 1 is 0.947 bits per heavy atom. The van der Waals surface area contributed by atoms with E-state index in [4.69, 9.17) is 5.11 Å². The van der Waals surface area contributed by atoms with Crippen molar-refractivity contribution >= 4 is 5.97 Å². The maximum atomic E-state index is 10.9. The highest BCUT2D eigenvalue weighted by molar-refractivity contribution is 5.87. The van der Waals surface area contributed by atoms with E-state index in [-0.39, 0.29) is 5.69 Å². The Hall–Kier alpha value is -2.23. The summed E-state index contributed by atoms with van der Waals surface area (Å²) in [5.41, 5.74) is 5.81. The number of hydrogen-bond acceptors (Lipinski definition) is 3. The summed E-state index contributed by atoms with van der Waals surface area (Å²) in [6, 6.07) is 5.95. The lowest BCUT2D eigenvalue weighted by molar-refractivity contribution is 0.0688. The molecule has 19 heavy (non-hydrogen) atoms. The average Bonchev–Trinajstić information content (AvgIpc) is 2.26. The summed E-state index contributed by atoms with van der Waals surface area (Å²) in [6.45, 7) is 7.84.